The van der Waals surface area contributed by atoms with Crippen LogP contribution in [-0.4, -0.2) is 23.1 Å². The van der Waals surface area contributed by atoms with E-state index in [2.05, 4.69) is 21.8 Å². The van der Waals surface area contributed by atoms with Gasteiger partial charge in [-0.3, -0.25) is 4.79 Å². The SMILES string of the molecule is CC1CCCN(c2cc(=O)[nH]c(C(C)C)n2)C1. The van der Waals surface area contributed by atoms with Gasteiger partial charge in [-0.15, -0.1) is 0 Å². The van der Waals surface area contributed by atoms with Crippen LogP contribution in [0, 0.1) is 5.92 Å². The minimum Gasteiger partial charge on any atom is -0.356 e. The second kappa shape index (κ2) is 4.90. The van der Waals surface area contributed by atoms with Crippen LogP contribution in [0.15, 0.2) is 10.9 Å². The standard InChI is InChI=1S/C13H21N3O/c1-9(2)13-14-11(7-12(17)15-13)16-6-4-5-10(3)8-16/h7,9-10H,4-6,8H2,1-3H3,(H,14,15,17). The molecule has 4 nitrogen and oxygen atoms in total. The Morgan fingerprint density at radius 1 is 1.53 bits per heavy atom. The lowest BCUT2D eigenvalue weighted by Crippen LogP contribution is -2.35. The van der Waals surface area contributed by atoms with Crippen molar-refractivity contribution in [3.8, 4) is 0 Å². The highest BCUT2D eigenvalue weighted by molar-refractivity contribution is 5.38. The number of piperidine rings is 1. The Hall–Kier alpha value is -1.32. The molecule has 17 heavy (non-hydrogen) atoms. The largest absolute Gasteiger partial charge is 0.356 e. The van der Waals surface area contributed by atoms with Gasteiger partial charge in [0.25, 0.3) is 5.56 Å². The summed E-state index contributed by atoms with van der Waals surface area (Å²) in [7, 11) is 0. The van der Waals surface area contributed by atoms with E-state index in [4.69, 9.17) is 0 Å². The van der Waals surface area contributed by atoms with Crippen LogP contribution in [-0.2, 0) is 0 Å². The molecule has 1 atom stereocenters. The maximum Gasteiger partial charge on any atom is 0.252 e. The van der Waals surface area contributed by atoms with Crippen LogP contribution in [0.1, 0.15) is 45.4 Å². The number of H-pyrrole nitrogens is 1. The molecule has 1 N–H and O–H groups in total. The highest BCUT2D eigenvalue weighted by Crippen LogP contribution is 2.21. The molecule has 4 heteroatoms. The van der Waals surface area contributed by atoms with Gasteiger partial charge in [0.15, 0.2) is 0 Å². The van der Waals surface area contributed by atoms with E-state index >= 15 is 0 Å². The second-order valence-corrected chi connectivity index (χ2v) is 5.34. The van der Waals surface area contributed by atoms with E-state index in [1.165, 1.54) is 12.8 Å². The number of nitrogens with zero attached hydrogens (tertiary/aromatic N) is 2. The summed E-state index contributed by atoms with van der Waals surface area (Å²) in [6.45, 7) is 8.36. The van der Waals surface area contributed by atoms with Crippen molar-refractivity contribution in [2.45, 2.75) is 39.5 Å². The third-order valence-electron chi connectivity index (χ3n) is 3.27. The molecule has 0 aliphatic carbocycles. The highest BCUT2D eigenvalue weighted by atomic mass is 16.1. The fourth-order valence-corrected chi connectivity index (χ4v) is 2.30. The third-order valence-corrected chi connectivity index (χ3v) is 3.27. The molecular weight excluding hydrogens is 214 g/mol. The first kappa shape index (κ1) is 12.1. The summed E-state index contributed by atoms with van der Waals surface area (Å²) >= 11 is 0. The van der Waals surface area contributed by atoms with E-state index in [0.29, 0.717) is 5.92 Å². The van der Waals surface area contributed by atoms with Gasteiger partial charge in [0.2, 0.25) is 0 Å². The zero-order chi connectivity index (χ0) is 12.4. The van der Waals surface area contributed by atoms with Gasteiger partial charge in [0, 0.05) is 25.1 Å². The quantitative estimate of drug-likeness (QED) is 0.854. The third kappa shape index (κ3) is 2.87. The topological polar surface area (TPSA) is 49.0 Å². The number of hydrogen-bond acceptors (Lipinski definition) is 3. The lowest BCUT2D eigenvalue weighted by Gasteiger charge is -2.31. The van der Waals surface area contributed by atoms with E-state index in [-0.39, 0.29) is 11.5 Å². The van der Waals surface area contributed by atoms with Gasteiger partial charge >= 0.3 is 0 Å². The summed E-state index contributed by atoms with van der Waals surface area (Å²) < 4.78 is 0. The van der Waals surface area contributed by atoms with E-state index in [0.717, 1.165) is 24.7 Å². The second-order valence-electron chi connectivity index (χ2n) is 5.34. The van der Waals surface area contributed by atoms with Crippen LogP contribution >= 0.6 is 0 Å². The van der Waals surface area contributed by atoms with E-state index < -0.39 is 0 Å². The van der Waals surface area contributed by atoms with Crippen LogP contribution in [0.5, 0.6) is 0 Å². The molecule has 0 bridgehead atoms. The number of hydrogen-bond donors (Lipinski definition) is 1. The first-order valence-electron chi connectivity index (χ1n) is 6.42. The van der Waals surface area contributed by atoms with E-state index in [1.807, 2.05) is 13.8 Å². The number of aromatic amines is 1. The van der Waals surface area contributed by atoms with Gasteiger partial charge in [-0.2, -0.15) is 0 Å². The maximum absolute atomic E-state index is 11.6. The number of nitrogens with one attached hydrogen (secondary N) is 1. The minimum absolute atomic E-state index is 0.0445. The van der Waals surface area contributed by atoms with Crippen LogP contribution in [0.25, 0.3) is 0 Å². The molecule has 1 aromatic rings. The van der Waals surface area contributed by atoms with Crippen LogP contribution in [0.3, 0.4) is 0 Å². The molecule has 1 saturated heterocycles. The first-order valence-corrected chi connectivity index (χ1v) is 6.42. The molecule has 1 aliphatic rings. The van der Waals surface area contributed by atoms with Crippen molar-refractivity contribution >= 4 is 5.82 Å². The highest BCUT2D eigenvalue weighted by Gasteiger charge is 2.18. The summed E-state index contributed by atoms with van der Waals surface area (Å²) in [6, 6.07) is 1.62. The average Bonchev–Trinajstić information content (AvgIpc) is 2.28. The summed E-state index contributed by atoms with van der Waals surface area (Å²) in [5.41, 5.74) is -0.0445. The monoisotopic (exact) mass is 235 g/mol. The van der Waals surface area contributed by atoms with Crippen molar-refractivity contribution in [1.82, 2.24) is 9.97 Å². The molecule has 94 valence electrons. The molecule has 1 unspecified atom stereocenters. The van der Waals surface area contributed by atoms with Crippen molar-refractivity contribution in [2.24, 2.45) is 5.92 Å². The van der Waals surface area contributed by atoms with Crippen LogP contribution in [0.4, 0.5) is 5.82 Å². The summed E-state index contributed by atoms with van der Waals surface area (Å²) in [6.07, 6.45) is 2.46. The molecule has 2 rings (SSSR count). The predicted molar refractivity (Wildman–Crippen MR) is 69.6 cm³/mol. The molecule has 1 aliphatic heterocycles. The molecule has 0 amide bonds. The van der Waals surface area contributed by atoms with Gasteiger partial charge < -0.3 is 9.88 Å². The smallest absolute Gasteiger partial charge is 0.252 e. The average molecular weight is 235 g/mol. The Morgan fingerprint density at radius 2 is 2.29 bits per heavy atom. The van der Waals surface area contributed by atoms with Gasteiger partial charge in [0.05, 0.1) is 0 Å². The van der Waals surface area contributed by atoms with Crippen molar-refractivity contribution < 1.29 is 0 Å². The maximum atomic E-state index is 11.6. The van der Waals surface area contributed by atoms with Gasteiger partial charge in [0.1, 0.15) is 11.6 Å². The Labute approximate surface area is 102 Å². The van der Waals surface area contributed by atoms with Crippen LogP contribution in [0.2, 0.25) is 0 Å². The molecule has 1 fully saturated rings. The molecule has 1 aromatic heterocycles. The van der Waals surface area contributed by atoms with E-state index in [1.54, 1.807) is 6.07 Å². The summed E-state index contributed by atoms with van der Waals surface area (Å²) in [5.74, 6) is 2.56. The fourth-order valence-electron chi connectivity index (χ4n) is 2.30. The molecular formula is C13H21N3O. The lowest BCUT2D eigenvalue weighted by molar-refractivity contribution is 0.444. The molecule has 0 aromatic carbocycles. The molecule has 0 radical (unpaired) electrons. The van der Waals surface area contributed by atoms with Crippen molar-refractivity contribution in [3.05, 3.63) is 22.2 Å². The van der Waals surface area contributed by atoms with E-state index in [9.17, 15) is 4.79 Å². The Morgan fingerprint density at radius 3 is 2.94 bits per heavy atom. The Kier molecular flexibility index (Phi) is 3.50. The first-order chi connectivity index (χ1) is 8.06. The Balaban J connectivity index is 2.28. The zero-order valence-corrected chi connectivity index (χ0v) is 10.9. The van der Waals surface area contributed by atoms with Crippen LogP contribution < -0.4 is 10.5 Å². The summed E-state index contributed by atoms with van der Waals surface area (Å²) in [4.78, 5) is 21.2. The molecule has 0 spiro atoms. The Bertz CT molecular complexity index is 439. The van der Waals surface area contributed by atoms with Crippen molar-refractivity contribution in [3.63, 3.8) is 0 Å². The normalized spacial score (nSPS) is 20.9. The summed E-state index contributed by atoms with van der Waals surface area (Å²) in [5, 5.41) is 0. The fraction of sp³-hybridized carbons (Fsp3) is 0.692. The lowest BCUT2D eigenvalue weighted by atomic mass is 10.0. The van der Waals surface area contributed by atoms with Crippen molar-refractivity contribution in [1.29, 1.82) is 0 Å². The number of aromatic nitrogens is 2. The number of rotatable bonds is 2. The minimum atomic E-state index is -0.0445. The molecule has 2 heterocycles. The molecule has 0 saturated carbocycles. The van der Waals surface area contributed by atoms with Gasteiger partial charge in [-0.05, 0) is 18.8 Å². The zero-order valence-electron chi connectivity index (χ0n) is 10.9. The number of anilines is 1. The predicted octanol–water partition coefficient (Wildman–Crippen LogP) is 2.13. The van der Waals surface area contributed by atoms with Gasteiger partial charge in [-0.1, -0.05) is 20.8 Å². The van der Waals surface area contributed by atoms with Gasteiger partial charge in [-0.25, -0.2) is 4.98 Å². The van der Waals surface area contributed by atoms with Crippen molar-refractivity contribution in [2.75, 3.05) is 18.0 Å².